The number of benzene rings is 1. The van der Waals surface area contributed by atoms with Gasteiger partial charge in [-0.05, 0) is 31.2 Å². The summed E-state index contributed by atoms with van der Waals surface area (Å²) >= 11 is 0. The predicted molar refractivity (Wildman–Crippen MR) is 75.4 cm³/mol. The van der Waals surface area contributed by atoms with E-state index in [9.17, 15) is 4.39 Å². The van der Waals surface area contributed by atoms with E-state index in [4.69, 9.17) is 5.26 Å². The minimum Gasteiger partial charge on any atom is -0.354 e. The van der Waals surface area contributed by atoms with Gasteiger partial charge in [0.15, 0.2) is 11.6 Å². The molecular formula is C14H14FN5. The van der Waals surface area contributed by atoms with Crippen LogP contribution < -0.4 is 10.2 Å². The van der Waals surface area contributed by atoms with Gasteiger partial charge in [-0.1, -0.05) is 0 Å². The number of nitrogens with zero attached hydrogens (tertiary/aromatic N) is 4. The molecule has 2 rings (SSSR count). The highest BCUT2D eigenvalue weighted by atomic mass is 19.1. The van der Waals surface area contributed by atoms with Crippen molar-refractivity contribution in [3.63, 3.8) is 0 Å². The maximum atomic E-state index is 13.8. The van der Waals surface area contributed by atoms with Gasteiger partial charge < -0.3 is 10.2 Å². The smallest absolute Gasteiger partial charge is 0.224 e. The van der Waals surface area contributed by atoms with Crippen LogP contribution in [0.3, 0.4) is 0 Å². The quantitative estimate of drug-likeness (QED) is 0.926. The van der Waals surface area contributed by atoms with Gasteiger partial charge in [-0.15, -0.1) is 0 Å². The van der Waals surface area contributed by atoms with Gasteiger partial charge in [-0.25, -0.2) is 9.37 Å². The number of hydrogen-bond acceptors (Lipinski definition) is 5. The van der Waals surface area contributed by atoms with Crippen molar-refractivity contribution in [3.8, 4) is 6.07 Å². The van der Waals surface area contributed by atoms with Gasteiger partial charge in [0.2, 0.25) is 5.95 Å². The molecule has 0 bridgehead atoms. The van der Waals surface area contributed by atoms with Crippen LogP contribution in [0.2, 0.25) is 0 Å². The zero-order chi connectivity index (χ0) is 14.5. The molecule has 0 spiro atoms. The molecule has 5 nitrogen and oxygen atoms in total. The Hall–Kier alpha value is -2.68. The van der Waals surface area contributed by atoms with Gasteiger partial charge >= 0.3 is 0 Å². The molecule has 0 unspecified atom stereocenters. The Morgan fingerprint density at radius 3 is 2.65 bits per heavy atom. The van der Waals surface area contributed by atoms with E-state index in [-0.39, 0.29) is 5.82 Å². The molecule has 0 radical (unpaired) electrons. The van der Waals surface area contributed by atoms with Crippen molar-refractivity contribution >= 4 is 17.5 Å². The van der Waals surface area contributed by atoms with Crippen LogP contribution in [0.4, 0.5) is 21.8 Å². The molecule has 0 aliphatic rings. The summed E-state index contributed by atoms with van der Waals surface area (Å²) in [6, 6.07) is 8.88. The molecule has 0 aliphatic heterocycles. The van der Waals surface area contributed by atoms with Crippen LogP contribution in [0.25, 0.3) is 0 Å². The number of rotatable bonds is 4. The molecule has 1 heterocycles. The molecular weight excluding hydrogens is 257 g/mol. The zero-order valence-electron chi connectivity index (χ0n) is 11.3. The monoisotopic (exact) mass is 271 g/mol. The van der Waals surface area contributed by atoms with Crippen LogP contribution in [0.1, 0.15) is 12.5 Å². The molecule has 20 heavy (non-hydrogen) atoms. The first-order valence-corrected chi connectivity index (χ1v) is 6.16. The highest BCUT2D eigenvalue weighted by Gasteiger charge is 2.13. The first-order chi connectivity index (χ1) is 9.65. The first-order valence-electron chi connectivity index (χ1n) is 6.16. The molecule has 0 fully saturated rings. The van der Waals surface area contributed by atoms with Crippen LogP contribution in [0.5, 0.6) is 0 Å². The summed E-state index contributed by atoms with van der Waals surface area (Å²) in [5.74, 6) is 0.0589. The fourth-order valence-electron chi connectivity index (χ4n) is 1.72. The summed E-state index contributed by atoms with van der Waals surface area (Å²) in [7, 11) is 1.71. The Morgan fingerprint density at radius 2 is 2.05 bits per heavy atom. The fourth-order valence-corrected chi connectivity index (χ4v) is 1.72. The molecule has 0 amide bonds. The normalized spacial score (nSPS) is 9.90. The molecule has 0 saturated carbocycles. The summed E-state index contributed by atoms with van der Waals surface area (Å²) in [5, 5.41) is 11.7. The average molecular weight is 271 g/mol. The van der Waals surface area contributed by atoms with E-state index >= 15 is 0 Å². The van der Waals surface area contributed by atoms with Crippen molar-refractivity contribution < 1.29 is 4.39 Å². The lowest BCUT2D eigenvalue weighted by Crippen LogP contribution is -2.15. The molecule has 1 N–H and O–H groups in total. The fraction of sp³-hybridized carbons (Fsp3) is 0.214. The van der Waals surface area contributed by atoms with Crippen LogP contribution in [0.15, 0.2) is 30.5 Å². The number of aromatic nitrogens is 2. The van der Waals surface area contributed by atoms with Gasteiger partial charge in [-0.2, -0.15) is 10.2 Å². The van der Waals surface area contributed by atoms with Gasteiger partial charge in [0.25, 0.3) is 0 Å². The van der Waals surface area contributed by atoms with Crippen molar-refractivity contribution in [1.82, 2.24) is 9.97 Å². The minimum atomic E-state index is -0.501. The second kappa shape index (κ2) is 5.97. The Kier molecular flexibility index (Phi) is 4.11. The first kappa shape index (κ1) is 13.7. The second-order valence-corrected chi connectivity index (χ2v) is 4.11. The number of halogens is 1. The number of hydrogen-bond donors (Lipinski definition) is 1. The van der Waals surface area contributed by atoms with E-state index in [1.165, 1.54) is 0 Å². The molecule has 1 aromatic heterocycles. The van der Waals surface area contributed by atoms with Crippen molar-refractivity contribution in [2.24, 2.45) is 0 Å². The number of nitrogens with one attached hydrogen (secondary N) is 1. The van der Waals surface area contributed by atoms with Crippen molar-refractivity contribution in [2.45, 2.75) is 6.92 Å². The standard InChI is InChI=1S/C14H14FN5/c1-3-17-14-18-9-12(15)13(19-14)20(2)11-6-4-10(8-16)5-7-11/h4-7,9H,3H2,1-2H3,(H,17,18,19). The molecule has 1 aromatic carbocycles. The van der Waals surface area contributed by atoms with E-state index in [0.717, 1.165) is 11.9 Å². The maximum absolute atomic E-state index is 13.8. The molecule has 102 valence electrons. The van der Waals surface area contributed by atoms with Crippen molar-refractivity contribution in [3.05, 3.63) is 41.8 Å². The lowest BCUT2D eigenvalue weighted by molar-refractivity contribution is 0.614. The van der Waals surface area contributed by atoms with Gasteiger partial charge in [0.1, 0.15) is 0 Å². The zero-order valence-corrected chi connectivity index (χ0v) is 11.3. The third kappa shape index (κ3) is 2.83. The summed E-state index contributed by atoms with van der Waals surface area (Å²) < 4.78 is 13.8. The van der Waals surface area contributed by atoms with Crippen LogP contribution in [-0.4, -0.2) is 23.6 Å². The molecule has 0 saturated heterocycles. The summed E-state index contributed by atoms with van der Waals surface area (Å²) in [6.07, 6.45) is 1.14. The Labute approximate surface area is 116 Å². The van der Waals surface area contributed by atoms with Crippen LogP contribution >= 0.6 is 0 Å². The third-order valence-corrected chi connectivity index (χ3v) is 2.76. The SMILES string of the molecule is CCNc1ncc(F)c(N(C)c2ccc(C#N)cc2)n1. The highest BCUT2D eigenvalue weighted by molar-refractivity contribution is 5.61. The van der Waals surface area contributed by atoms with Gasteiger partial charge in [0.05, 0.1) is 17.8 Å². The van der Waals surface area contributed by atoms with E-state index in [0.29, 0.717) is 18.1 Å². The van der Waals surface area contributed by atoms with E-state index in [1.807, 2.05) is 13.0 Å². The molecule has 0 aliphatic carbocycles. The number of nitriles is 1. The Bertz CT molecular complexity index is 633. The Morgan fingerprint density at radius 1 is 1.35 bits per heavy atom. The van der Waals surface area contributed by atoms with Crippen LogP contribution in [-0.2, 0) is 0 Å². The molecule has 6 heteroatoms. The van der Waals surface area contributed by atoms with Crippen molar-refractivity contribution in [2.75, 3.05) is 23.8 Å². The minimum absolute atomic E-state index is 0.181. The van der Waals surface area contributed by atoms with Gasteiger partial charge in [0, 0.05) is 19.3 Å². The van der Waals surface area contributed by atoms with E-state index in [1.54, 1.807) is 36.2 Å². The summed E-state index contributed by atoms with van der Waals surface area (Å²) in [4.78, 5) is 9.62. The van der Waals surface area contributed by atoms with Crippen LogP contribution in [0, 0.1) is 17.1 Å². The lowest BCUT2D eigenvalue weighted by atomic mass is 10.2. The topological polar surface area (TPSA) is 64.8 Å². The third-order valence-electron chi connectivity index (χ3n) is 2.76. The largest absolute Gasteiger partial charge is 0.354 e. The van der Waals surface area contributed by atoms with Crippen molar-refractivity contribution in [1.29, 1.82) is 5.26 Å². The maximum Gasteiger partial charge on any atom is 0.224 e. The lowest BCUT2D eigenvalue weighted by Gasteiger charge is -2.19. The molecule has 2 aromatic rings. The second-order valence-electron chi connectivity index (χ2n) is 4.11. The predicted octanol–water partition coefficient (Wildman–Crippen LogP) is 2.69. The number of anilines is 3. The Balaban J connectivity index is 2.33. The molecule has 0 atom stereocenters. The highest BCUT2D eigenvalue weighted by Crippen LogP contribution is 2.24. The van der Waals surface area contributed by atoms with E-state index < -0.39 is 5.82 Å². The summed E-state index contributed by atoms with van der Waals surface area (Å²) in [6.45, 7) is 2.57. The van der Waals surface area contributed by atoms with Gasteiger partial charge in [-0.3, -0.25) is 0 Å². The summed E-state index contributed by atoms with van der Waals surface area (Å²) in [5.41, 5.74) is 1.29. The average Bonchev–Trinajstić information content (AvgIpc) is 2.49. The van der Waals surface area contributed by atoms with E-state index in [2.05, 4.69) is 15.3 Å².